The lowest BCUT2D eigenvalue weighted by atomic mass is 10.1. The number of carboxylic acids is 1. The van der Waals surface area contributed by atoms with Gasteiger partial charge in [0.25, 0.3) is 5.56 Å². The molecule has 0 saturated carbocycles. The van der Waals surface area contributed by atoms with Gasteiger partial charge in [-0.05, 0) is 31.2 Å². The fraction of sp³-hybridized carbons (Fsp3) is 0.545. The molecular formula is C11H14N2O3. The van der Waals surface area contributed by atoms with E-state index >= 15 is 0 Å². The molecule has 0 spiro atoms. The standard InChI is InChI=1S/C11H14N2O3/c14-10-6-8-4-2-1-3-5-9(8)12-13(10)7-11(15)16/h6H,1-5,7H2,(H,15,16). The summed E-state index contributed by atoms with van der Waals surface area (Å²) in [6, 6.07) is 1.54. The monoisotopic (exact) mass is 222 g/mol. The highest BCUT2D eigenvalue weighted by Gasteiger charge is 2.13. The van der Waals surface area contributed by atoms with Crippen molar-refractivity contribution in [3.63, 3.8) is 0 Å². The summed E-state index contributed by atoms with van der Waals surface area (Å²) < 4.78 is 1.03. The van der Waals surface area contributed by atoms with Crippen molar-refractivity contribution < 1.29 is 9.90 Å². The van der Waals surface area contributed by atoms with Gasteiger partial charge < -0.3 is 5.11 Å². The van der Waals surface area contributed by atoms with Crippen molar-refractivity contribution in [2.45, 2.75) is 38.6 Å². The van der Waals surface area contributed by atoms with E-state index in [4.69, 9.17) is 5.11 Å². The number of carboxylic acid groups (broad SMARTS) is 1. The Hall–Kier alpha value is -1.65. The zero-order valence-electron chi connectivity index (χ0n) is 8.98. The van der Waals surface area contributed by atoms with Crippen LogP contribution in [-0.2, 0) is 24.2 Å². The minimum Gasteiger partial charge on any atom is -0.480 e. The predicted octanol–water partition coefficient (Wildman–Crippen LogP) is 0.597. The number of rotatable bonds is 2. The van der Waals surface area contributed by atoms with Crippen molar-refractivity contribution in [2.24, 2.45) is 0 Å². The third-order valence-electron chi connectivity index (χ3n) is 2.81. The van der Waals surface area contributed by atoms with Gasteiger partial charge in [-0.25, -0.2) is 4.68 Å². The average Bonchev–Trinajstić information content (AvgIpc) is 2.42. The van der Waals surface area contributed by atoms with Gasteiger partial charge >= 0.3 is 5.97 Å². The molecule has 1 aromatic rings. The van der Waals surface area contributed by atoms with Crippen LogP contribution in [0.1, 0.15) is 30.5 Å². The normalized spacial score (nSPS) is 15.2. The zero-order valence-corrected chi connectivity index (χ0v) is 8.98. The van der Waals surface area contributed by atoms with Crippen LogP contribution in [0.4, 0.5) is 0 Å². The van der Waals surface area contributed by atoms with Crippen LogP contribution in [0.15, 0.2) is 10.9 Å². The van der Waals surface area contributed by atoms with Crippen molar-refractivity contribution in [3.05, 3.63) is 27.7 Å². The molecule has 1 N–H and O–H groups in total. The summed E-state index contributed by atoms with van der Waals surface area (Å²) in [7, 11) is 0. The summed E-state index contributed by atoms with van der Waals surface area (Å²) in [6.45, 7) is -0.355. The highest BCUT2D eigenvalue weighted by molar-refractivity contribution is 5.66. The van der Waals surface area contributed by atoms with E-state index in [1.165, 1.54) is 6.07 Å². The Morgan fingerprint density at radius 1 is 1.38 bits per heavy atom. The second kappa shape index (κ2) is 4.47. The highest BCUT2D eigenvalue weighted by Crippen LogP contribution is 2.16. The third kappa shape index (κ3) is 2.29. The molecule has 0 saturated heterocycles. The fourth-order valence-corrected chi connectivity index (χ4v) is 2.02. The Kier molecular flexibility index (Phi) is 3.03. The summed E-state index contributed by atoms with van der Waals surface area (Å²) >= 11 is 0. The maximum absolute atomic E-state index is 11.6. The molecule has 0 aliphatic heterocycles. The number of hydrogen-bond donors (Lipinski definition) is 1. The predicted molar refractivity (Wildman–Crippen MR) is 57.4 cm³/mol. The Balaban J connectivity index is 2.39. The van der Waals surface area contributed by atoms with Gasteiger partial charge in [0.05, 0.1) is 5.69 Å². The highest BCUT2D eigenvalue weighted by atomic mass is 16.4. The maximum atomic E-state index is 11.6. The van der Waals surface area contributed by atoms with Crippen molar-refractivity contribution in [1.29, 1.82) is 0 Å². The second-order valence-corrected chi connectivity index (χ2v) is 4.07. The summed E-state index contributed by atoms with van der Waals surface area (Å²) in [6.07, 6.45) is 5.01. The number of hydrogen-bond acceptors (Lipinski definition) is 3. The Labute approximate surface area is 92.7 Å². The third-order valence-corrected chi connectivity index (χ3v) is 2.81. The minimum atomic E-state index is -1.04. The molecule has 1 heterocycles. The largest absolute Gasteiger partial charge is 0.480 e. The first kappa shape index (κ1) is 10.9. The van der Waals surface area contributed by atoms with Gasteiger partial charge in [-0.15, -0.1) is 0 Å². The lowest BCUT2D eigenvalue weighted by molar-refractivity contribution is -0.138. The Bertz CT molecular complexity index is 465. The molecule has 0 amide bonds. The van der Waals surface area contributed by atoms with E-state index in [1.807, 2.05) is 0 Å². The molecule has 0 atom stereocenters. The molecule has 0 radical (unpaired) electrons. The number of aliphatic carboxylic acids is 1. The van der Waals surface area contributed by atoms with E-state index in [-0.39, 0.29) is 12.1 Å². The van der Waals surface area contributed by atoms with Crippen molar-refractivity contribution in [3.8, 4) is 0 Å². The lowest BCUT2D eigenvalue weighted by Gasteiger charge is -2.07. The van der Waals surface area contributed by atoms with E-state index in [0.29, 0.717) is 0 Å². The molecule has 1 aromatic heterocycles. The van der Waals surface area contributed by atoms with E-state index in [1.54, 1.807) is 0 Å². The number of carbonyl (C=O) groups is 1. The number of fused-ring (bicyclic) bond motifs is 1. The molecule has 1 aliphatic carbocycles. The quantitative estimate of drug-likeness (QED) is 0.743. The smallest absolute Gasteiger partial charge is 0.325 e. The van der Waals surface area contributed by atoms with Crippen molar-refractivity contribution >= 4 is 5.97 Å². The van der Waals surface area contributed by atoms with Crippen molar-refractivity contribution in [2.75, 3.05) is 0 Å². The molecule has 5 nitrogen and oxygen atoms in total. The Morgan fingerprint density at radius 3 is 2.88 bits per heavy atom. The summed E-state index contributed by atoms with van der Waals surface area (Å²) in [5.41, 5.74) is 1.56. The van der Waals surface area contributed by atoms with Gasteiger partial charge in [-0.1, -0.05) is 6.42 Å². The van der Waals surface area contributed by atoms with E-state index in [0.717, 1.165) is 48.0 Å². The molecule has 0 aromatic carbocycles. The molecular weight excluding hydrogens is 208 g/mol. The van der Waals surface area contributed by atoms with Crippen LogP contribution in [-0.4, -0.2) is 20.9 Å². The lowest BCUT2D eigenvalue weighted by Crippen LogP contribution is -2.28. The van der Waals surface area contributed by atoms with Crippen LogP contribution in [0.2, 0.25) is 0 Å². The topological polar surface area (TPSA) is 72.2 Å². The van der Waals surface area contributed by atoms with Crippen LogP contribution < -0.4 is 5.56 Å². The first-order valence-corrected chi connectivity index (χ1v) is 5.48. The van der Waals surface area contributed by atoms with Crippen LogP contribution in [0.25, 0.3) is 0 Å². The molecule has 16 heavy (non-hydrogen) atoms. The van der Waals surface area contributed by atoms with Crippen LogP contribution in [0.5, 0.6) is 0 Å². The zero-order chi connectivity index (χ0) is 11.5. The SMILES string of the molecule is O=C(O)Cn1nc2c(cc1=O)CCCCC2. The van der Waals surface area contributed by atoms with E-state index in [2.05, 4.69) is 5.10 Å². The molecule has 2 rings (SSSR count). The summed E-state index contributed by atoms with van der Waals surface area (Å²) in [5.74, 6) is -1.04. The summed E-state index contributed by atoms with van der Waals surface area (Å²) in [5, 5.41) is 12.8. The molecule has 0 bridgehead atoms. The Morgan fingerprint density at radius 2 is 2.12 bits per heavy atom. The maximum Gasteiger partial charge on any atom is 0.325 e. The van der Waals surface area contributed by atoms with Gasteiger partial charge in [0, 0.05) is 6.07 Å². The number of nitrogens with zero attached hydrogens (tertiary/aromatic N) is 2. The van der Waals surface area contributed by atoms with Crippen molar-refractivity contribution in [1.82, 2.24) is 9.78 Å². The molecule has 0 fully saturated rings. The molecule has 5 heteroatoms. The van der Waals surface area contributed by atoms with E-state index < -0.39 is 5.97 Å². The van der Waals surface area contributed by atoms with Gasteiger partial charge in [0.15, 0.2) is 0 Å². The van der Waals surface area contributed by atoms with Crippen LogP contribution in [0.3, 0.4) is 0 Å². The first-order valence-electron chi connectivity index (χ1n) is 5.48. The second-order valence-electron chi connectivity index (χ2n) is 4.07. The molecule has 86 valence electrons. The molecule has 1 aliphatic rings. The first-order chi connectivity index (χ1) is 7.66. The van der Waals surface area contributed by atoms with Gasteiger partial charge in [-0.3, -0.25) is 9.59 Å². The van der Waals surface area contributed by atoms with Gasteiger partial charge in [-0.2, -0.15) is 5.10 Å². The number of aromatic nitrogens is 2. The molecule has 0 unspecified atom stereocenters. The van der Waals surface area contributed by atoms with E-state index in [9.17, 15) is 9.59 Å². The van der Waals surface area contributed by atoms with Gasteiger partial charge in [0.2, 0.25) is 0 Å². The fourth-order valence-electron chi connectivity index (χ4n) is 2.02. The number of aryl methyl sites for hydroxylation is 2. The minimum absolute atomic E-state index is 0.317. The van der Waals surface area contributed by atoms with Gasteiger partial charge in [0.1, 0.15) is 6.54 Å². The van der Waals surface area contributed by atoms with Crippen LogP contribution in [0, 0.1) is 0 Å². The van der Waals surface area contributed by atoms with Crippen LogP contribution >= 0.6 is 0 Å². The average molecular weight is 222 g/mol. The summed E-state index contributed by atoms with van der Waals surface area (Å²) in [4.78, 5) is 22.1.